The summed E-state index contributed by atoms with van der Waals surface area (Å²) in [5.41, 5.74) is 2.76. The second-order valence-electron chi connectivity index (χ2n) is 10.9. The van der Waals surface area contributed by atoms with Gasteiger partial charge in [-0.1, -0.05) is 48.0 Å². The van der Waals surface area contributed by atoms with E-state index in [9.17, 15) is 9.35 Å². The Hall–Kier alpha value is -1.73. The summed E-state index contributed by atoms with van der Waals surface area (Å²) in [6, 6.07) is 16.0. The van der Waals surface area contributed by atoms with E-state index < -0.39 is 21.7 Å². The van der Waals surface area contributed by atoms with Gasteiger partial charge in [-0.05, 0) is 89.1 Å². The fourth-order valence-corrected chi connectivity index (χ4v) is 5.14. The van der Waals surface area contributed by atoms with E-state index in [2.05, 4.69) is 16.9 Å². The van der Waals surface area contributed by atoms with Crippen LogP contribution >= 0.6 is 11.6 Å². The number of carbonyl (C=O) groups is 1. The SMILES string of the molecule is CC(C)(C)OC(=O)N1CCC([C@H](N[S@@+]([O-])C(C)(C)C)c2ccccc2-c2ccc(Cl)cc2)CC1. The van der Waals surface area contributed by atoms with Crippen molar-refractivity contribution in [1.82, 2.24) is 9.62 Å². The smallest absolute Gasteiger partial charge is 0.410 e. The number of halogens is 1. The molecule has 1 saturated heterocycles. The lowest BCUT2D eigenvalue weighted by Crippen LogP contribution is -2.47. The molecule has 1 fully saturated rings. The van der Waals surface area contributed by atoms with Crippen molar-refractivity contribution in [1.29, 1.82) is 0 Å². The Morgan fingerprint density at radius 3 is 2.21 bits per heavy atom. The maximum Gasteiger partial charge on any atom is 0.410 e. The first-order chi connectivity index (χ1) is 15.8. The molecule has 186 valence electrons. The van der Waals surface area contributed by atoms with Crippen molar-refractivity contribution < 1.29 is 14.1 Å². The molecule has 2 aromatic rings. The number of piperidine rings is 1. The van der Waals surface area contributed by atoms with Gasteiger partial charge >= 0.3 is 6.09 Å². The number of nitrogens with zero attached hydrogens (tertiary/aromatic N) is 1. The molecule has 34 heavy (non-hydrogen) atoms. The van der Waals surface area contributed by atoms with Crippen LogP contribution in [-0.4, -0.2) is 39.0 Å². The monoisotopic (exact) mass is 504 g/mol. The minimum Gasteiger partial charge on any atom is -0.598 e. The van der Waals surface area contributed by atoms with E-state index >= 15 is 0 Å². The van der Waals surface area contributed by atoms with Gasteiger partial charge in [-0.15, -0.1) is 4.72 Å². The predicted molar refractivity (Wildman–Crippen MR) is 141 cm³/mol. The molecule has 1 aliphatic heterocycles. The average molecular weight is 505 g/mol. The summed E-state index contributed by atoms with van der Waals surface area (Å²) < 4.78 is 21.8. The van der Waals surface area contributed by atoms with E-state index in [-0.39, 0.29) is 18.1 Å². The quantitative estimate of drug-likeness (QED) is 0.457. The molecular formula is C27H37ClN2O3S. The molecule has 0 unspecified atom stereocenters. The van der Waals surface area contributed by atoms with Crippen molar-refractivity contribution in [3.63, 3.8) is 0 Å². The van der Waals surface area contributed by atoms with Crippen LogP contribution in [0, 0.1) is 5.92 Å². The van der Waals surface area contributed by atoms with Gasteiger partial charge in [-0.25, -0.2) is 4.79 Å². The second-order valence-corrected chi connectivity index (χ2v) is 13.3. The number of ether oxygens (including phenoxy) is 1. The van der Waals surface area contributed by atoms with Gasteiger partial charge in [0.15, 0.2) is 0 Å². The summed E-state index contributed by atoms with van der Waals surface area (Å²) in [4.78, 5) is 14.3. The van der Waals surface area contributed by atoms with Crippen LogP contribution in [0.25, 0.3) is 11.1 Å². The van der Waals surface area contributed by atoms with Gasteiger partial charge in [0.2, 0.25) is 0 Å². The first-order valence-corrected chi connectivity index (χ1v) is 13.4. The van der Waals surface area contributed by atoms with Gasteiger partial charge < -0.3 is 14.2 Å². The van der Waals surface area contributed by atoms with Crippen LogP contribution in [0.3, 0.4) is 0 Å². The molecule has 3 rings (SSSR count). The summed E-state index contributed by atoms with van der Waals surface area (Å²) >= 11 is 4.88. The Labute approximate surface area is 212 Å². The molecule has 2 aromatic carbocycles. The number of amides is 1. The number of rotatable bonds is 5. The van der Waals surface area contributed by atoms with E-state index in [1.165, 1.54) is 0 Å². The third-order valence-corrected chi connectivity index (χ3v) is 7.74. The van der Waals surface area contributed by atoms with Crippen LogP contribution in [0.2, 0.25) is 5.02 Å². The van der Waals surface area contributed by atoms with Gasteiger partial charge in [0.05, 0.1) is 6.04 Å². The van der Waals surface area contributed by atoms with Gasteiger partial charge in [0.1, 0.15) is 10.3 Å². The van der Waals surface area contributed by atoms with Crippen molar-refractivity contribution in [2.45, 2.75) is 70.8 Å². The zero-order chi connectivity index (χ0) is 25.1. The van der Waals surface area contributed by atoms with Crippen LogP contribution < -0.4 is 4.72 Å². The topological polar surface area (TPSA) is 64.6 Å². The number of hydrogen-bond donors (Lipinski definition) is 1. The number of benzene rings is 2. The molecule has 0 aliphatic carbocycles. The minimum absolute atomic E-state index is 0.118. The first-order valence-electron chi connectivity index (χ1n) is 11.9. The normalized spacial score (nSPS) is 17.4. The van der Waals surface area contributed by atoms with E-state index in [0.29, 0.717) is 18.1 Å². The molecule has 0 saturated carbocycles. The molecule has 1 amide bonds. The molecule has 0 radical (unpaired) electrons. The van der Waals surface area contributed by atoms with Gasteiger partial charge in [-0.2, -0.15) is 0 Å². The largest absolute Gasteiger partial charge is 0.598 e. The zero-order valence-electron chi connectivity index (χ0n) is 21.1. The minimum atomic E-state index is -1.25. The van der Waals surface area contributed by atoms with Crippen molar-refractivity contribution in [2.75, 3.05) is 13.1 Å². The maximum atomic E-state index is 13.2. The van der Waals surface area contributed by atoms with Gasteiger partial charge in [0.25, 0.3) is 0 Å². The van der Waals surface area contributed by atoms with Crippen LogP contribution in [-0.2, 0) is 16.1 Å². The molecule has 0 bridgehead atoms. The Morgan fingerprint density at radius 2 is 1.65 bits per heavy atom. The first kappa shape index (κ1) is 26.9. The number of nitrogens with one attached hydrogen (secondary N) is 1. The van der Waals surface area contributed by atoms with Crippen molar-refractivity contribution in [3.8, 4) is 11.1 Å². The average Bonchev–Trinajstić information content (AvgIpc) is 2.76. The summed E-state index contributed by atoms with van der Waals surface area (Å²) in [7, 11) is 0. The lowest BCUT2D eigenvalue weighted by atomic mass is 9.83. The van der Waals surface area contributed by atoms with Crippen molar-refractivity contribution in [2.24, 2.45) is 5.92 Å². The summed E-state index contributed by atoms with van der Waals surface area (Å²) in [5, 5.41) is 0.694. The Morgan fingerprint density at radius 1 is 1.06 bits per heavy atom. The Kier molecular flexibility index (Phi) is 8.61. The predicted octanol–water partition coefficient (Wildman–Crippen LogP) is 6.75. The lowest BCUT2D eigenvalue weighted by Gasteiger charge is -2.38. The lowest BCUT2D eigenvalue weighted by molar-refractivity contribution is 0.0172. The second kappa shape index (κ2) is 10.9. The third kappa shape index (κ3) is 7.14. The molecule has 1 aliphatic rings. The van der Waals surface area contributed by atoms with E-state index in [1.807, 2.05) is 77.9 Å². The highest BCUT2D eigenvalue weighted by Crippen LogP contribution is 2.38. The molecule has 0 aromatic heterocycles. The van der Waals surface area contributed by atoms with Crippen LogP contribution in [0.4, 0.5) is 4.79 Å². The Bertz CT molecular complexity index is 961. The number of likely N-dealkylation sites (tertiary alicyclic amines) is 1. The van der Waals surface area contributed by atoms with Gasteiger partial charge in [-0.3, -0.25) is 0 Å². The zero-order valence-corrected chi connectivity index (χ0v) is 22.6. The van der Waals surface area contributed by atoms with E-state index in [0.717, 1.165) is 29.5 Å². The summed E-state index contributed by atoms with van der Waals surface area (Å²) in [6.07, 6.45) is 1.33. The fraction of sp³-hybridized carbons (Fsp3) is 0.519. The van der Waals surface area contributed by atoms with E-state index in [4.69, 9.17) is 16.3 Å². The molecule has 2 atom stereocenters. The summed E-state index contributed by atoms with van der Waals surface area (Å²) in [5.74, 6) is 0.221. The molecule has 1 heterocycles. The molecule has 5 nitrogen and oxygen atoms in total. The standard InChI is InChI=1S/C27H37ClN2O3S/c1-26(2,3)33-25(31)30-17-15-20(16-18-30)24(29-34(32)27(4,5)6)23-10-8-7-9-22(23)19-11-13-21(28)14-12-19/h7-14,20,24,29H,15-18H2,1-6H3/t24-,34-/m0/s1. The third-order valence-electron chi connectivity index (χ3n) is 5.90. The summed E-state index contributed by atoms with van der Waals surface area (Å²) in [6.45, 7) is 12.8. The molecule has 0 spiro atoms. The van der Waals surface area contributed by atoms with Crippen molar-refractivity contribution >= 4 is 29.1 Å². The Balaban J connectivity index is 1.88. The molecule has 7 heteroatoms. The number of hydrogen-bond acceptors (Lipinski definition) is 4. The molecular weight excluding hydrogens is 468 g/mol. The molecule has 1 N–H and O–H groups in total. The van der Waals surface area contributed by atoms with Crippen LogP contribution in [0.15, 0.2) is 48.5 Å². The van der Waals surface area contributed by atoms with Crippen LogP contribution in [0.5, 0.6) is 0 Å². The highest BCUT2D eigenvalue weighted by atomic mass is 35.5. The highest BCUT2D eigenvalue weighted by Gasteiger charge is 2.37. The number of carbonyl (C=O) groups excluding carboxylic acids is 1. The highest BCUT2D eigenvalue weighted by molar-refractivity contribution is 7.90. The van der Waals surface area contributed by atoms with E-state index in [1.54, 1.807) is 4.90 Å². The van der Waals surface area contributed by atoms with Crippen molar-refractivity contribution in [3.05, 3.63) is 59.1 Å². The van der Waals surface area contributed by atoms with Crippen LogP contribution in [0.1, 0.15) is 66.0 Å². The van der Waals surface area contributed by atoms with Gasteiger partial charge in [0, 0.05) is 29.5 Å². The fourth-order valence-electron chi connectivity index (χ4n) is 4.11. The maximum absolute atomic E-state index is 13.2.